The van der Waals surface area contributed by atoms with Crippen molar-refractivity contribution in [1.82, 2.24) is 4.90 Å². The largest absolute Gasteiger partial charge is 0.485 e. The molecule has 0 saturated carbocycles. The van der Waals surface area contributed by atoms with E-state index >= 15 is 0 Å². The fraction of sp³-hybridized carbons (Fsp3) is 0.625. The van der Waals surface area contributed by atoms with E-state index in [-0.39, 0.29) is 6.04 Å². The molecule has 1 aromatic rings. The van der Waals surface area contributed by atoms with Crippen LogP contribution in [0.1, 0.15) is 44.7 Å². The molecule has 2 unspecified atom stereocenters. The van der Waals surface area contributed by atoms with Crippen molar-refractivity contribution in [3.05, 3.63) is 17.7 Å². The average Bonchev–Trinajstić information content (AvgIpc) is 2.44. The Kier molecular flexibility index (Phi) is 3.50. The van der Waals surface area contributed by atoms with Crippen molar-refractivity contribution in [1.29, 1.82) is 0 Å². The van der Waals surface area contributed by atoms with Crippen LogP contribution in [-0.2, 0) is 0 Å². The number of nitrogens with zero attached hydrogens (tertiary/aromatic N) is 1. The van der Waals surface area contributed by atoms with Crippen LogP contribution in [0.4, 0.5) is 11.4 Å². The summed E-state index contributed by atoms with van der Waals surface area (Å²) < 4.78 is 5.98. The van der Waals surface area contributed by atoms with Crippen molar-refractivity contribution in [3.8, 4) is 5.75 Å². The van der Waals surface area contributed by atoms with Gasteiger partial charge in [-0.15, -0.1) is 0 Å². The van der Waals surface area contributed by atoms with Crippen LogP contribution in [0.25, 0.3) is 0 Å². The van der Waals surface area contributed by atoms with Crippen LogP contribution in [0, 0.1) is 0 Å². The molecule has 0 radical (unpaired) electrons. The third kappa shape index (κ3) is 2.45. The van der Waals surface area contributed by atoms with E-state index in [1.807, 2.05) is 19.9 Å². The highest BCUT2D eigenvalue weighted by Crippen LogP contribution is 2.45. The van der Waals surface area contributed by atoms with Crippen molar-refractivity contribution in [2.24, 2.45) is 0 Å². The van der Waals surface area contributed by atoms with Crippen LogP contribution < -0.4 is 16.2 Å². The number of benzene rings is 1. The molecule has 5 N–H and O–H groups in total. The maximum Gasteiger partial charge on any atom is 0.131 e. The van der Waals surface area contributed by atoms with Crippen LogP contribution in [0.5, 0.6) is 5.75 Å². The highest BCUT2D eigenvalue weighted by atomic mass is 16.5. The molecule has 0 spiro atoms. The molecule has 1 saturated heterocycles. The Bertz CT molecular complexity index is 539. The minimum Gasteiger partial charge on any atom is -0.485 e. The van der Waals surface area contributed by atoms with Gasteiger partial charge in [0.1, 0.15) is 17.5 Å². The average molecular weight is 291 g/mol. The number of piperidine rings is 1. The minimum atomic E-state index is -0.641. The van der Waals surface area contributed by atoms with Gasteiger partial charge in [0.05, 0.1) is 17.4 Å². The highest BCUT2D eigenvalue weighted by molar-refractivity contribution is 5.68. The molecule has 5 heteroatoms. The van der Waals surface area contributed by atoms with Gasteiger partial charge in [0.25, 0.3) is 0 Å². The van der Waals surface area contributed by atoms with E-state index in [4.69, 9.17) is 16.2 Å². The second kappa shape index (κ2) is 5.07. The molecule has 0 aromatic heterocycles. The maximum atomic E-state index is 10.8. The van der Waals surface area contributed by atoms with E-state index in [9.17, 15) is 5.11 Å². The second-order valence-electron chi connectivity index (χ2n) is 6.71. The lowest BCUT2D eigenvalue weighted by Crippen LogP contribution is -2.54. The number of aliphatic hydroxyl groups is 1. The standard InChI is InChI=1S/C16H25N3O2/c1-16(2)15(20)14(19-6-4-3-5-7-19)10-8-11(17)12(18)9-13(10)21-16/h8-9,14-15,20H,3-7,17-18H2,1-2H3. The number of fused-ring (bicyclic) bond motifs is 1. The Morgan fingerprint density at radius 1 is 1.14 bits per heavy atom. The first-order valence-corrected chi connectivity index (χ1v) is 7.70. The fourth-order valence-electron chi connectivity index (χ4n) is 3.44. The summed E-state index contributed by atoms with van der Waals surface area (Å²) in [6.45, 7) is 5.84. The van der Waals surface area contributed by atoms with E-state index < -0.39 is 11.7 Å². The first-order chi connectivity index (χ1) is 9.90. The Labute approximate surface area is 125 Å². The van der Waals surface area contributed by atoms with Gasteiger partial charge in [0, 0.05) is 11.6 Å². The number of likely N-dealkylation sites (tertiary alicyclic amines) is 1. The molecule has 1 aromatic carbocycles. The van der Waals surface area contributed by atoms with Crippen molar-refractivity contribution in [2.45, 2.75) is 50.9 Å². The predicted molar refractivity (Wildman–Crippen MR) is 84.1 cm³/mol. The Morgan fingerprint density at radius 2 is 1.76 bits per heavy atom. The number of ether oxygens (including phenoxy) is 1. The predicted octanol–water partition coefficient (Wildman–Crippen LogP) is 1.91. The normalized spacial score (nSPS) is 28.7. The van der Waals surface area contributed by atoms with Crippen molar-refractivity contribution in [3.63, 3.8) is 0 Å². The summed E-state index contributed by atoms with van der Waals surface area (Å²) in [7, 11) is 0. The van der Waals surface area contributed by atoms with Gasteiger partial charge in [-0.1, -0.05) is 6.42 Å². The number of hydrogen-bond donors (Lipinski definition) is 3. The molecular formula is C16H25N3O2. The smallest absolute Gasteiger partial charge is 0.131 e. The van der Waals surface area contributed by atoms with Gasteiger partial charge in [-0.3, -0.25) is 4.90 Å². The summed E-state index contributed by atoms with van der Waals surface area (Å²) in [5.41, 5.74) is 13.3. The minimum absolute atomic E-state index is 0.0769. The Hall–Kier alpha value is -1.46. The van der Waals surface area contributed by atoms with Gasteiger partial charge in [-0.25, -0.2) is 0 Å². The van der Waals surface area contributed by atoms with Gasteiger partial charge < -0.3 is 21.3 Å². The monoisotopic (exact) mass is 291 g/mol. The third-order valence-corrected chi connectivity index (χ3v) is 4.70. The summed E-state index contributed by atoms with van der Waals surface area (Å²) in [6, 6.07) is 3.57. The molecule has 0 bridgehead atoms. The molecule has 1 fully saturated rings. The van der Waals surface area contributed by atoms with Gasteiger partial charge in [-0.05, 0) is 45.8 Å². The van der Waals surface area contributed by atoms with E-state index in [1.54, 1.807) is 6.07 Å². The summed E-state index contributed by atoms with van der Waals surface area (Å²) in [4.78, 5) is 2.35. The molecule has 21 heavy (non-hydrogen) atoms. The summed E-state index contributed by atoms with van der Waals surface area (Å²) >= 11 is 0. The summed E-state index contributed by atoms with van der Waals surface area (Å²) in [6.07, 6.45) is 3.01. The van der Waals surface area contributed by atoms with Gasteiger partial charge in [-0.2, -0.15) is 0 Å². The summed E-state index contributed by atoms with van der Waals surface area (Å²) in [5, 5.41) is 10.8. The topological polar surface area (TPSA) is 84.7 Å². The molecule has 5 nitrogen and oxygen atoms in total. The van der Waals surface area contributed by atoms with E-state index in [1.165, 1.54) is 19.3 Å². The lowest BCUT2D eigenvalue weighted by molar-refractivity contribution is -0.0960. The Morgan fingerprint density at radius 3 is 2.43 bits per heavy atom. The first kappa shape index (κ1) is 14.5. The maximum absolute atomic E-state index is 10.8. The third-order valence-electron chi connectivity index (χ3n) is 4.70. The second-order valence-corrected chi connectivity index (χ2v) is 6.71. The van der Waals surface area contributed by atoms with Crippen LogP contribution in [-0.4, -0.2) is 34.8 Å². The van der Waals surface area contributed by atoms with Gasteiger partial charge >= 0.3 is 0 Å². The molecule has 3 rings (SSSR count). The lowest BCUT2D eigenvalue weighted by Gasteiger charge is -2.47. The molecule has 2 aliphatic rings. The quantitative estimate of drug-likeness (QED) is 0.688. The SMILES string of the molecule is CC1(C)Oc2cc(N)c(N)cc2C(N2CCCCC2)C1O. The highest BCUT2D eigenvalue weighted by Gasteiger charge is 2.45. The number of hydrogen-bond acceptors (Lipinski definition) is 5. The van der Waals surface area contributed by atoms with Crippen LogP contribution >= 0.6 is 0 Å². The molecule has 2 atom stereocenters. The zero-order valence-corrected chi connectivity index (χ0v) is 12.8. The molecule has 2 aliphatic heterocycles. The van der Waals surface area contributed by atoms with E-state index in [0.717, 1.165) is 24.4 Å². The van der Waals surface area contributed by atoms with Crippen molar-refractivity contribution in [2.75, 3.05) is 24.6 Å². The van der Waals surface area contributed by atoms with Gasteiger partial charge in [0.15, 0.2) is 0 Å². The molecule has 0 aliphatic carbocycles. The number of nitrogen functional groups attached to an aromatic ring is 2. The fourth-order valence-corrected chi connectivity index (χ4v) is 3.44. The van der Waals surface area contributed by atoms with Gasteiger partial charge in [0.2, 0.25) is 0 Å². The number of aliphatic hydroxyl groups excluding tert-OH is 1. The molecule has 116 valence electrons. The summed E-state index contributed by atoms with van der Waals surface area (Å²) in [5.74, 6) is 0.743. The van der Waals surface area contributed by atoms with E-state index in [0.29, 0.717) is 11.4 Å². The zero-order chi connectivity index (χ0) is 15.2. The van der Waals surface area contributed by atoms with Crippen LogP contribution in [0.2, 0.25) is 0 Å². The molecular weight excluding hydrogens is 266 g/mol. The van der Waals surface area contributed by atoms with Crippen LogP contribution in [0.15, 0.2) is 12.1 Å². The van der Waals surface area contributed by atoms with Crippen molar-refractivity contribution >= 4 is 11.4 Å². The first-order valence-electron chi connectivity index (χ1n) is 7.70. The molecule has 0 amide bonds. The number of nitrogens with two attached hydrogens (primary N) is 2. The van der Waals surface area contributed by atoms with E-state index in [2.05, 4.69) is 4.90 Å². The Balaban J connectivity index is 2.06. The zero-order valence-electron chi connectivity index (χ0n) is 12.8. The lowest BCUT2D eigenvalue weighted by atomic mass is 9.84. The number of rotatable bonds is 1. The number of anilines is 2. The van der Waals surface area contributed by atoms with Crippen LogP contribution in [0.3, 0.4) is 0 Å². The molecule has 2 heterocycles. The van der Waals surface area contributed by atoms with Crippen molar-refractivity contribution < 1.29 is 9.84 Å².